The van der Waals surface area contributed by atoms with Crippen molar-refractivity contribution in [2.24, 2.45) is 5.14 Å². The molecule has 1 saturated heterocycles. The van der Waals surface area contributed by atoms with Crippen LogP contribution in [0.3, 0.4) is 0 Å². The third-order valence-electron chi connectivity index (χ3n) is 4.86. The Hall–Kier alpha value is -1.60. The first-order valence-corrected chi connectivity index (χ1v) is 10.6. The molecule has 26 heavy (non-hydrogen) atoms. The standard InChI is InChI=1S/C19H24ClN3O2S/c1-14-2-5-17(12-19(14)20)23-10-8-16(9-11-23)22-13-15-3-6-18(7-4-15)26(21,24)25/h2-7,12,16,22H,8-11,13H2,1H3,(H2,21,24,25). The van der Waals surface area contributed by atoms with E-state index in [0.717, 1.165) is 42.1 Å². The molecule has 0 spiro atoms. The van der Waals surface area contributed by atoms with Crippen molar-refractivity contribution in [1.29, 1.82) is 0 Å². The highest BCUT2D eigenvalue weighted by Gasteiger charge is 2.19. The Kier molecular flexibility index (Phi) is 5.87. The van der Waals surface area contributed by atoms with E-state index >= 15 is 0 Å². The summed E-state index contributed by atoms with van der Waals surface area (Å²) in [6.07, 6.45) is 2.11. The molecule has 0 bridgehead atoms. The second-order valence-electron chi connectivity index (χ2n) is 6.76. The lowest BCUT2D eigenvalue weighted by Gasteiger charge is -2.34. The normalized spacial score (nSPS) is 16.0. The van der Waals surface area contributed by atoms with Gasteiger partial charge in [0.25, 0.3) is 0 Å². The molecule has 0 aliphatic carbocycles. The van der Waals surface area contributed by atoms with Gasteiger partial charge in [-0.15, -0.1) is 0 Å². The number of hydrogen-bond donors (Lipinski definition) is 2. The number of sulfonamides is 1. The summed E-state index contributed by atoms with van der Waals surface area (Å²) in [4.78, 5) is 2.51. The number of rotatable bonds is 5. The second-order valence-corrected chi connectivity index (χ2v) is 8.73. The third-order valence-corrected chi connectivity index (χ3v) is 6.20. The first-order chi connectivity index (χ1) is 12.3. The summed E-state index contributed by atoms with van der Waals surface area (Å²) in [5.74, 6) is 0. The number of hydrogen-bond acceptors (Lipinski definition) is 4. The summed E-state index contributed by atoms with van der Waals surface area (Å²) in [6, 6.07) is 13.4. The van der Waals surface area contributed by atoms with Crippen LogP contribution in [0.2, 0.25) is 5.02 Å². The highest BCUT2D eigenvalue weighted by atomic mass is 35.5. The smallest absolute Gasteiger partial charge is 0.238 e. The van der Waals surface area contributed by atoms with Crippen molar-refractivity contribution in [2.45, 2.75) is 37.2 Å². The first kappa shape index (κ1) is 19.2. The van der Waals surface area contributed by atoms with Gasteiger partial charge in [0.15, 0.2) is 0 Å². The van der Waals surface area contributed by atoms with E-state index < -0.39 is 10.0 Å². The van der Waals surface area contributed by atoms with Crippen LogP contribution in [0.1, 0.15) is 24.0 Å². The van der Waals surface area contributed by atoms with Crippen molar-refractivity contribution in [3.05, 3.63) is 58.6 Å². The molecule has 0 saturated carbocycles. The monoisotopic (exact) mass is 393 g/mol. The van der Waals surface area contributed by atoms with Gasteiger partial charge in [0.2, 0.25) is 10.0 Å². The Labute approximate surface area is 160 Å². The zero-order chi connectivity index (χ0) is 18.7. The average molecular weight is 394 g/mol. The van der Waals surface area contributed by atoms with E-state index in [4.69, 9.17) is 16.7 Å². The van der Waals surface area contributed by atoms with E-state index in [1.165, 1.54) is 5.69 Å². The summed E-state index contributed by atoms with van der Waals surface area (Å²) >= 11 is 6.23. The van der Waals surface area contributed by atoms with Gasteiger partial charge in [-0.3, -0.25) is 0 Å². The van der Waals surface area contributed by atoms with Crippen molar-refractivity contribution in [3.8, 4) is 0 Å². The number of nitrogens with one attached hydrogen (secondary N) is 1. The number of nitrogens with two attached hydrogens (primary N) is 1. The molecule has 1 fully saturated rings. The van der Waals surface area contributed by atoms with E-state index in [1.54, 1.807) is 24.3 Å². The maximum absolute atomic E-state index is 11.3. The minimum Gasteiger partial charge on any atom is -0.371 e. The molecule has 0 atom stereocenters. The predicted molar refractivity (Wildman–Crippen MR) is 106 cm³/mol. The minimum absolute atomic E-state index is 0.145. The van der Waals surface area contributed by atoms with E-state index in [1.807, 2.05) is 13.0 Å². The van der Waals surface area contributed by atoms with Crippen LogP contribution in [-0.4, -0.2) is 27.5 Å². The summed E-state index contributed by atoms with van der Waals surface area (Å²) in [5, 5.41) is 9.49. The lowest BCUT2D eigenvalue weighted by molar-refractivity contribution is 0.414. The Morgan fingerprint density at radius 2 is 1.81 bits per heavy atom. The Morgan fingerprint density at radius 1 is 1.15 bits per heavy atom. The number of anilines is 1. The van der Waals surface area contributed by atoms with Crippen LogP contribution in [0, 0.1) is 6.92 Å². The number of piperidine rings is 1. The molecule has 2 aromatic carbocycles. The number of benzene rings is 2. The lowest BCUT2D eigenvalue weighted by Crippen LogP contribution is -2.42. The van der Waals surface area contributed by atoms with Crippen LogP contribution < -0.4 is 15.4 Å². The fourth-order valence-electron chi connectivity index (χ4n) is 3.18. The van der Waals surface area contributed by atoms with Gasteiger partial charge in [-0.1, -0.05) is 29.8 Å². The average Bonchev–Trinajstić information content (AvgIpc) is 2.62. The Balaban J connectivity index is 1.50. The van der Waals surface area contributed by atoms with Gasteiger partial charge in [-0.05, 0) is 55.2 Å². The van der Waals surface area contributed by atoms with Gasteiger partial charge >= 0.3 is 0 Å². The lowest BCUT2D eigenvalue weighted by atomic mass is 10.0. The van der Waals surface area contributed by atoms with Gasteiger partial charge in [-0.25, -0.2) is 13.6 Å². The Bertz CT molecular complexity index is 861. The van der Waals surface area contributed by atoms with Crippen LogP contribution in [-0.2, 0) is 16.6 Å². The Morgan fingerprint density at radius 3 is 2.38 bits per heavy atom. The van der Waals surface area contributed by atoms with Crippen LogP contribution in [0.4, 0.5) is 5.69 Å². The van der Waals surface area contributed by atoms with E-state index in [0.29, 0.717) is 12.6 Å². The molecule has 1 aliphatic rings. The van der Waals surface area contributed by atoms with Gasteiger partial charge in [0.05, 0.1) is 4.90 Å². The van der Waals surface area contributed by atoms with Crippen molar-refractivity contribution in [3.63, 3.8) is 0 Å². The van der Waals surface area contributed by atoms with Crippen LogP contribution in [0.15, 0.2) is 47.4 Å². The molecule has 3 N–H and O–H groups in total. The molecular weight excluding hydrogens is 370 g/mol. The molecule has 5 nitrogen and oxygen atoms in total. The molecule has 0 radical (unpaired) electrons. The summed E-state index contributed by atoms with van der Waals surface area (Å²) in [7, 11) is -3.63. The third kappa shape index (κ3) is 4.76. The summed E-state index contributed by atoms with van der Waals surface area (Å²) in [6.45, 7) is 4.70. The van der Waals surface area contributed by atoms with E-state index in [2.05, 4.69) is 22.3 Å². The van der Waals surface area contributed by atoms with Crippen LogP contribution in [0.5, 0.6) is 0 Å². The van der Waals surface area contributed by atoms with Gasteiger partial charge in [-0.2, -0.15) is 0 Å². The topological polar surface area (TPSA) is 75.4 Å². The zero-order valence-corrected chi connectivity index (χ0v) is 16.4. The van der Waals surface area contributed by atoms with Crippen molar-refractivity contribution >= 4 is 27.3 Å². The maximum atomic E-state index is 11.3. The number of aryl methyl sites for hydroxylation is 1. The molecule has 2 aromatic rings. The first-order valence-electron chi connectivity index (χ1n) is 8.69. The molecule has 0 unspecified atom stereocenters. The summed E-state index contributed by atoms with van der Waals surface area (Å²) in [5.41, 5.74) is 3.32. The fraction of sp³-hybridized carbons (Fsp3) is 0.368. The molecule has 0 aromatic heterocycles. The molecular formula is C19H24ClN3O2S. The largest absolute Gasteiger partial charge is 0.371 e. The SMILES string of the molecule is Cc1ccc(N2CCC(NCc3ccc(S(N)(=O)=O)cc3)CC2)cc1Cl. The zero-order valence-electron chi connectivity index (χ0n) is 14.8. The summed E-state index contributed by atoms with van der Waals surface area (Å²) < 4.78 is 22.6. The number of nitrogens with zero attached hydrogens (tertiary/aromatic N) is 1. The van der Waals surface area contributed by atoms with Crippen molar-refractivity contribution in [2.75, 3.05) is 18.0 Å². The molecule has 1 aliphatic heterocycles. The fourth-order valence-corrected chi connectivity index (χ4v) is 3.87. The van der Waals surface area contributed by atoms with Crippen molar-refractivity contribution < 1.29 is 8.42 Å². The van der Waals surface area contributed by atoms with Crippen molar-refractivity contribution in [1.82, 2.24) is 5.32 Å². The number of primary sulfonamides is 1. The van der Waals surface area contributed by atoms with Gasteiger partial charge in [0.1, 0.15) is 0 Å². The highest BCUT2D eigenvalue weighted by molar-refractivity contribution is 7.89. The molecule has 7 heteroatoms. The second kappa shape index (κ2) is 7.96. The van der Waals surface area contributed by atoms with Crippen LogP contribution in [0.25, 0.3) is 0 Å². The quantitative estimate of drug-likeness (QED) is 0.818. The van der Waals surface area contributed by atoms with Gasteiger partial charge in [0, 0.05) is 36.4 Å². The van der Waals surface area contributed by atoms with Gasteiger partial charge < -0.3 is 10.2 Å². The molecule has 0 amide bonds. The maximum Gasteiger partial charge on any atom is 0.238 e. The number of halogens is 1. The molecule has 1 heterocycles. The molecule has 140 valence electrons. The highest BCUT2D eigenvalue weighted by Crippen LogP contribution is 2.25. The predicted octanol–water partition coefficient (Wildman–Crippen LogP) is 3.05. The molecule has 3 rings (SSSR count). The minimum atomic E-state index is -3.63. The van der Waals surface area contributed by atoms with Crippen LogP contribution >= 0.6 is 11.6 Å². The van der Waals surface area contributed by atoms with E-state index in [-0.39, 0.29) is 4.90 Å². The van der Waals surface area contributed by atoms with E-state index in [9.17, 15) is 8.42 Å².